The molecule has 7 heteroatoms. The van der Waals surface area contributed by atoms with Gasteiger partial charge >= 0.3 is 6.09 Å². The van der Waals surface area contributed by atoms with Crippen molar-refractivity contribution >= 4 is 12.0 Å². The van der Waals surface area contributed by atoms with Crippen molar-refractivity contribution in [3.8, 4) is 0 Å². The van der Waals surface area contributed by atoms with Gasteiger partial charge in [0.15, 0.2) is 0 Å². The zero-order valence-electron chi connectivity index (χ0n) is 12.0. The first-order chi connectivity index (χ1) is 10.1. The third-order valence-corrected chi connectivity index (χ3v) is 3.57. The van der Waals surface area contributed by atoms with Crippen molar-refractivity contribution in [2.75, 3.05) is 20.2 Å². The van der Waals surface area contributed by atoms with E-state index in [1.54, 1.807) is 12.1 Å². The Labute approximate surface area is 123 Å². The number of nitrogens with two attached hydrogens (primary N) is 1. The van der Waals surface area contributed by atoms with Gasteiger partial charge in [-0.15, -0.1) is 0 Å². The molecule has 1 aromatic rings. The van der Waals surface area contributed by atoms with E-state index in [0.717, 1.165) is 25.1 Å². The largest absolute Gasteiger partial charge is 0.453 e. The Balaban J connectivity index is 1.97. The molecule has 0 radical (unpaired) electrons. The van der Waals surface area contributed by atoms with Crippen LogP contribution in [0.3, 0.4) is 0 Å². The third-order valence-electron chi connectivity index (χ3n) is 3.57. The molecule has 1 atom stereocenters. The molecule has 114 valence electrons. The highest BCUT2D eigenvalue weighted by molar-refractivity contribution is 5.95. The summed E-state index contributed by atoms with van der Waals surface area (Å²) in [5.41, 5.74) is 3.65. The number of hydrogen-bond donors (Lipinski definition) is 3. The molecule has 1 heterocycles. The summed E-state index contributed by atoms with van der Waals surface area (Å²) in [5.74, 6) is 4.90. The number of ether oxygens (including phenoxy) is 1. The minimum absolute atomic E-state index is 0.0768. The van der Waals surface area contributed by atoms with Crippen molar-refractivity contribution in [2.24, 2.45) is 5.84 Å². The van der Waals surface area contributed by atoms with Gasteiger partial charge in [0.2, 0.25) is 0 Å². The van der Waals surface area contributed by atoms with Crippen molar-refractivity contribution in [2.45, 2.75) is 19.0 Å². The number of nitrogens with zero attached hydrogens (tertiary/aromatic N) is 1. The van der Waals surface area contributed by atoms with Gasteiger partial charge in [0, 0.05) is 31.2 Å². The minimum atomic E-state index is -0.412. The average Bonchev–Trinajstić information content (AvgIpc) is 2.94. The molecule has 21 heavy (non-hydrogen) atoms. The monoisotopic (exact) mass is 292 g/mol. The maximum atomic E-state index is 11.7. The highest BCUT2D eigenvalue weighted by Gasteiger charge is 2.25. The van der Waals surface area contributed by atoms with Crippen LogP contribution >= 0.6 is 0 Å². The van der Waals surface area contributed by atoms with Crippen LogP contribution in [0, 0.1) is 0 Å². The van der Waals surface area contributed by atoms with Crippen LogP contribution in [0.15, 0.2) is 24.3 Å². The van der Waals surface area contributed by atoms with Crippen LogP contribution in [-0.2, 0) is 11.3 Å². The number of methoxy groups -OCH3 is 1. The van der Waals surface area contributed by atoms with Crippen LogP contribution in [0.2, 0.25) is 0 Å². The predicted octanol–water partition coefficient (Wildman–Crippen LogP) is 0.220. The Morgan fingerprint density at radius 1 is 1.43 bits per heavy atom. The quantitative estimate of drug-likeness (QED) is 0.419. The molecule has 1 unspecified atom stereocenters. The molecule has 0 spiro atoms. The van der Waals surface area contributed by atoms with Gasteiger partial charge < -0.3 is 10.1 Å². The van der Waals surface area contributed by atoms with E-state index in [1.807, 2.05) is 12.1 Å². The lowest BCUT2D eigenvalue weighted by Crippen LogP contribution is -2.37. The maximum absolute atomic E-state index is 11.7. The number of nitrogens with one attached hydrogen (secondary N) is 2. The highest BCUT2D eigenvalue weighted by atomic mass is 16.5. The van der Waals surface area contributed by atoms with Gasteiger partial charge in [0.05, 0.1) is 7.11 Å². The lowest BCUT2D eigenvalue weighted by Gasteiger charge is -2.18. The summed E-state index contributed by atoms with van der Waals surface area (Å²) in [6.45, 7) is 2.23. The van der Waals surface area contributed by atoms with Crippen molar-refractivity contribution in [3.05, 3.63) is 35.4 Å². The molecule has 1 fully saturated rings. The zero-order chi connectivity index (χ0) is 15.2. The van der Waals surface area contributed by atoms with Crippen LogP contribution in [0.4, 0.5) is 4.79 Å². The molecular formula is C14H20N4O3. The summed E-state index contributed by atoms with van der Waals surface area (Å²) in [6, 6.07) is 7.43. The van der Waals surface area contributed by atoms with E-state index in [9.17, 15) is 9.59 Å². The van der Waals surface area contributed by atoms with Gasteiger partial charge in [-0.25, -0.2) is 10.6 Å². The summed E-state index contributed by atoms with van der Waals surface area (Å²) in [5, 5.41) is 2.79. The molecule has 4 N–H and O–H groups in total. The molecule has 1 aliphatic heterocycles. The first-order valence-electron chi connectivity index (χ1n) is 6.79. The Bertz CT molecular complexity index is 521. The molecule has 1 aliphatic rings. The number of carbonyl (C=O) groups is 2. The van der Waals surface area contributed by atoms with Gasteiger partial charge in [-0.2, -0.15) is 0 Å². The lowest BCUT2D eigenvalue weighted by molar-refractivity contribution is 0.0951. The molecular weight excluding hydrogens is 272 g/mol. The minimum Gasteiger partial charge on any atom is -0.453 e. The Morgan fingerprint density at radius 2 is 2.19 bits per heavy atom. The molecule has 2 rings (SSSR count). The summed E-state index contributed by atoms with van der Waals surface area (Å²) in [7, 11) is 1.35. The van der Waals surface area contributed by atoms with Crippen LogP contribution in [-0.4, -0.2) is 43.1 Å². The van der Waals surface area contributed by atoms with Crippen molar-refractivity contribution in [1.82, 2.24) is 15.6 Å². The van der Waals surface area contributed by atoms with E-state index < -0.39 is 6.09 Å². The lowest BCUT2D eigenvalue weighted by atomic mass is 10.1. The fraction of sp³-hybridized carbons (Fsp3) is 0.429. The number of benzene rings is 1. The van der Waals surface area contributed by atoms with E-state index in [2.05, 4.69) is 20.4 Å². The summed E-state index contributed by atoms with van der Waals surface area (Å²) in [4.78, 5) is 25.1. The fourth-order valence-electron chi connectivity index (χ4n) is 2.52. The van der Waals surface area contributed by atoms with Gasteiger partial charge in [0.25, 0.3) is 5.91 Å². The number of carbonyl (C=O) groups excluding carboxylic acids is 2. The van der Waals surface area contributed by atoms with E-state index in [1.165, 1.54) is 7.11 Å². The highest BCUT2D eigenvalue weighted by Crippen LogP contribution is 2.16. The molecule has 0 aliphatic carbocycles. The Morgan fingerprint density at radius 3 is 2.90 bits per heavy atom. The molecule has 1 aromatic carbocycles. The van der Waals surface area contributed by atoms with Crippen molar-refractivity contribution < 1.29 is 14.3 Å². The maximum Gasteiger partial charge on any atom is 0.407 e. The second-order valence-corrected chi connectivity index (χ2v) is 4.99. The normalized spacial score (nSPS) is 18.3. The number of hydrazine groups is 1. The zero-order valence-corrected chi connectivity index (χ0v) is 12.0. The molecule has 0 saturated carbocycles. The van der Waals surface area contributed by atoms with E-state index >= 15 is 0 Å². The van der Waals surface area contributed by atoms with Gasteiger partial charge in [-0.1, -0.05) is 18.2 Å². The van der Waals surface area contributed by atoms with Crippen LogP contribution in [0.5, 0.6) is 0 Å². The Hall–Kier alpha value is -2.12. The third kappa shape index (κ3) is 3.93. The average molecular weight is 292 g/mol. The molecule has 0 bridgehead atoms. The summed E-state index contributed by atoms with van der Waals surface area (Å²) < 4.78 is 4.60. The standard InChI is InChI=1S/C14H20N4O3/c1-21-14(20)16-11-6-7-18(9-11)8-10-4-2-3-5-12(10)13(19)17-15/h2-5,11H,6-9,15H2,1H3,(H,16,20)(H,17,19). The van der Waals surface area contributed by atoms with Crippen molar-refractivity contribution in [1.29, 1.82) is 0 Å². The SMILES string of the molecule is COC(=O)NC1CCN(Cc2ccccc2C(=O)NN)C1. The van der Waals surface area contributed by atoms with Gasteiger partial charge in [-0.3, -0.25) is 15.1 Å². The first-order valence-corrected chi connectivity index (χ1v) is 6.79. The van der Waals surface area contributed by atoms with Gasteiger partial charge in [-0.05, 0) is 18.1 Å². The first kappa shape index (κ1) is 15.3. The second-order valence-electron chi connectivity index (χ2n) is 4.99. The van der Waals surface area contributed by atoms with E-state index in [0.29, 0.717) is 12.1 Å². The number of rotatable bonds is 4. The molecule has 7 nitrogen and oxygen atoms in total. The van der Waals surface area contributed by atoms with Gasteiger partial charge in [0.1, 0.15) is 0 Å². The molecule has 2 amide bonds. The van der Waals surface area contributed by atoms with Crippen LogP contribution < -0.4 is 16.6 Å². The number of alkyl carbamates (subject to hydrolysis) is 1. The molecule has 1 saturated heterocycles. The number of nitrogen functional groups attached to an aromatic ring is 1. The Kier molecular flexibility index (Phi) is 5.13. The van der Waals surface area contributed by atoms with E-state index in [4.69, 9.17) is 5.84 Å². The topological polar surface area (TPSA) is 96.7 Å². The van der Waals surface area contributed by atoms with Crippen LogP contribution in [0.25, 0.3) is 0 Å². The smallest absolute Gasteiger partial charge is 0.407 e. The second kappa shape index (κ2) is 7.05. The predicted molar refractivity (Wildman–Crippen MR) is 77.3 cm³/mol. The molecule has 0 aromatic heterocycles. The van der Waals surface area contributed by atoms with E-state index in [-0.39, 0.29) is 11.9 Å². The summed E-state index contributed by atoms with van der Waals surface area (Å²) >= 11 is 0. The number of amides is 2. The fourth-order valence-corrected chi connectivity index (χ4v) is 2.52. The summed E-state index contributed by atoms with van der Waals surface area (Å²) in [6.07, 6.45) is 0.449. The van der Waals surface area contributed by atoms with Crippen molar-refractivity contribution in [3.63, 3.8) is 0 Å². The number of likely N-dealkylation sites (tertiary alicyclic amines) is 1. The number of hydrogen-bond acceptors (Lipinski definition) is 5. The van der Waals surface area contributed by atoms with Crippen LogP contribution in [0.1, 0.15) is 22.3 Å².